The smallest absolute Gasteiger partial charge is 0.356 e. The number of nitrogen functional groups attached to an aromatic ring is 1. The van der Waals surface area contributed by atoms with E-state index < -0.39 is 5.97 Å². The van der Waals surface area contributed by atoms with Gasteiger partial charge in [-0.05, 0) is 12.1 Å². The Balaban J connectivity index is 2.49. The monoisotopic (exact) mass is 218 g/mol. The molecule has 0 atom stereocenters. The van der Waals surface area contributed by atoms with Gasteiger partial charge in [-0.1, -0.05) is 0 Å². The Morgan fingerprint density at radius 1 is 1.50 bits per heavy atom. The number of methoxy groups -OCH3 is 1. The minimum Gasteiger partial charge on any atom is -0.464 e. The Hall–Kier alpha value is -2.37. The molecule has 2 heterocycles. The van der Waals surface area contributed by atoms with Crippen molar-refractivity contribution >= 4 is 11.7 Å². The molecule has 6 nitrogen and oxygen atoms in total. The first-order valence-electron chi connectivity index (χ1n) is 4.55. The molecule has 0 saturated heterocycles. The molecule has 0 aliphatic carbocycles. The van der Waals surface area contributed by atoms with Crippen molar-refractivity contribution in [2.24, 2.45) is 0 Å². The number of carbonyl (C=O) groups excluding carboxylic acids is 1. The molecular weight excluding hydrogens is 208 g/mol. The number of esters is 1. The average molecular weight is 218 g/mol. The average Bonchev–Trinajstić information content (AvgIpc) is 2.82. The molecule has 0 fully saturated rings. The van der Waals surface area contributed by atoms with Crippen LogP contribution in [0.25, 0.3) is 5.82 Å². The molecule has 2 rings (SSSR count). The number of nitrogens with zero attached hydrogens (tertiary/aromatic N) is 3. The lowest BCUT2D eigenvalue weighted by molar-refractivity contribution is 0.0594. The summed E-state index contributed by atoms with van der Waals surface area (Å²) in [5.41, 5.74) is 6.43. The number of carbonyl (C=O) groups is 1. The number of imidazole rings is 1. The molecule has 0 saturated carbocycles. The zero-order valence-electron chi connectivity index (χ0n) is 8.62. The van der Waals surface area contributed by atoms with E-state index in [1.54, 1.807) is 29.4 Å². The van der Waals surface area contributed by atoms with Gasteiger partial charge in [-0.15, -0.1) is 0 Å². The Kier molecular flexibility index (Phi) is 2.55. The van der Waals surface area contributed by atoms with Crippen molar-refractivity contribution in [3.05, 3.63) is 36.5 Å². The molecule has 0 aliphatic rings. The summed E-state index contributed by atoms with van der Waals surface area (Å²) in [5, 5.41) is 0. The van der Waals surface area contributed by atoms with Crippen molar-refractivity contribution < 1.29 is 9.53 Å². The van der Waals surface area contributed by atoms with Gasteiger partial charge in [0.05, 0.1) is 12.8 Å². The molecule has 0 aromatic carbocycles. The van der Waals surface area contributed by atoms with Crippen molar-refractivity contribution in [3.8, 4) is 5.82 Å². The van der Waals surface area contributed by atoms with Crippen LogP contribution in [0, 0.1) is 0 Å². The summed E-state index contributed by atoms with van der Waals surface area (Å²) >= 11 is 0. The van der Waals surface area contributed by atoms with Gasteiger partial charge in [0.15, 0.2) is 11.5 Å². The highest BCUT2D eigenvalue weighted by Crippen LogP contribution is 2.14. The molecule has 6 heteroatoms. The summed E-state index contributed by atoms with van der Waals surface area (Å²) in [6.45, 7) is 0. The first-order chi connectivity index (χ1) is 7.72. The summed E-state index contributed by atoms with van der Waals surface area (Å²) in [6, 6.07) is 3.12. The highest BCUT2D eigenvalue weighted by Gasteiger charge is 2.11. The van der Waals surface area contributed by atoms with Gasteiger partial charge in [0, 0.05) is 12.4 Å². The standard InChI is InChI=1S/C10H10N4O2/c1-16-10(15)8-3-2-7(11)9(13-8)14-5-4-12-6-14/h2-6H,11H2,1H3. The van der Waals surface area contributed by atoms with E-state index in [1.807, 2.05) is 0 Å². The number of aromatic nitrogens is 3. The van der Waals surface area contributed by atoms with Crippen molar-refractivity contribution in [3.63, 3.8) is 0 Å². The quantitative estimate of drug-likeness (QED) is 0.748. The number of pyridine rings is 1. The van der Waals surface area contributed by atoms with Crippen LogP contribution in [-0.2, 0) is 4.74 Å². The highest BCUT2D eigenvalue weighted by atomic mass is 16.5. The van der Waals surface area contributed by atoms with Gasteiger partial charge in [0.1, 0.15) is 6.33 Å². The molecule has 2 aromatic heterocycles. The van der Waals surface area contributed by atoms with Crippen LogP contribution >= 0.6 is 0 Å². The zero-order chi connectivity index (χ0) is 11.5. The van der Waals surface area contributed by atoms with Gasteiger partial charge in [0.25, 0.3) is 0 Å². The number of nitrogens with two attached hydrogens (primary N) is 1. The van der Waals surface area contributed by atoms with E-state index in [9.17, 15) is 4.79 Å². The Morgan fingerprint density at radius 3 is 2.94 bits per heavy atom. The summed E-state index contributed by atoms with van der Waals surface area (Å²) in [7, 11) is 1.30. The van der Waals surface area contributed by atoms with E-state index in [4.69, 9.17) is 5.73 Å². The molecule has 0 unspecified atom stereocenters. The maximum Gasteiger partial charge on any atom is 0.356 e. The fraction of sp³-hybridized carbons (Fsp3) is 0.100. The van der Waals surface area contributed by atoms with Crippen molar-refractivity contribution in [2.45, 2.75) is 0 Å². The first kappa shape index (κ1) is 10.2. The number of hydrogen-bond acceptors (Lipinski definition) is 5. The second-order valence-electron chi connectivity index (χ2n) is 3.07. The Bertz CT molecular complexity index is 508. The summed E-state index contributed by atoms with van der Waals surface area (Å²) in [5.74, 6) is -0.0400. The lowest BCUT2D eigenvalue weighted by atomic mass is 10.3. The summed E-state index contributed by atoms with van der Waals surface area (Å²) < 4.78 is 6.21. The van der Waals surface area contributed by atoms with E-state index in [2.05, 4.69) is 14.7 Å². The molecule has 82 valence electrons. The molecular formula is C10H10N4O2. The van der Waals surface area contributed by atoms with Gasteiger partial charge < -0.3 is 10.5 Å². The van der Waals surface area contributed by atoms with Gasteiger partial charge in [0.2, 0.25) is 0 Å². The number of ether oxygens (including phenoxy) is 1. The summed E-state index contributed by atoms with van der Waals surface area (Å²) in [4.78, 5) is 19.3. The molecule has 2 N–H and O–H groups in total. The molecule has 0 radical (unpaired) electrons. The molecule has 0 aliphatic heterocycles. The Labute approximate surface area is 91.7 Å². The van der Waals surface area contributed by atoms with E-state index in [1.165, 1.54) is 13.2 Å². The van der Waals surface area contributed by atoms with E-state index in [0.29, 0.717) is 11.5 Å². The van der Waals surface area contributed by atoms with Gasteiger partial charge in [-0.25, -0.2) is 14.8 Å². The minimum atomic E-state index is -0.499. The van der Waals surface area contributed by atoms with E-state index in [0.717, 1.165) is 0 Å². The van der Waals surface area contributed by atoms with E-state index in [-0.39, 0.29) is 5.69 Å². The molecule has 0 amide bonds. The minimum absolute atomic E-state index is 0.209. The zero-order valence-corrected chi connectivity index (χ0v) is 8.62. The third-order valence-electron chi connectivity index (χ3n) is 2.05. The molecule has 0 bridgehead atoms. The molecule has 0 spiro atoms. The first-order valence-corrected chi connectivity index (χ1v) is 4.55. The Morgan fingerprint density at radius 2 is 2.31 bits per heavy atom. The topological polar surface area (TPSA) is 83.0 Å². The van der Waals surface area contributed by atoms with Crippen LogP contribution in [0.1, 0.15) is 10.5 Å². The van der Waals surface area contributed by atoms with Gasteiger partial charge in [-0.2, -0.15) is 0 Å². The predicted octanol–water partition coefficient (Wildman–Crippen LogP) is 0.636. The third kappa shape index (κ3) is 1.72. The van der Waals surface area contributed by atoms with E-state index >= 15 is 0 Å². The summed E-state index contributed by atoms with van der Waals surface area (Å²) in [6.07, 6.45) is 4.85. The third-order valence-corrected chi connectivity index (χ3v) is 2.05. The van der Waals surface area contributed by atoms with Crippen LogP contribution in [0.3, 0.4) is 0 Å². The SMILES string of the molecule is COC(=O)c1ccc(N)c(-n2ccnc2)n1. The fourth-order valence-corrected chi connectivity index (χ4v) is 1.27. The van der Waals surface area contributed by atoms with Crippen LogP contribution in [0.5, 0.6) is 0 Å². The lowest BCUT2D eigenvalue weighted by Gasteiger charge is -2.06. The maximum atomic E-state index is 11.3. The number of hydrogen-bond donors (Lipinski definition) is 1. The van der Waals surface area contributed by atoms with Gasteiger partial charge >= 0.3 is 5.97 Å². The second-order valence-corrected chi connectivity index (χ2v) is 3.07. The maximum absolute atomic E-state index is 11.3. The number of anilines is 1. The van der Waals surface area contributed by atoms with Gasteiger partial charge in [-0.3, -0.25) is 4.57 Å². The molecule has 2 aromatic rings. The van der Waals surface area contributed by atoms with Crippen molar-refractivity contribution in [1.29, 1.82) is 0 Å². The largest absolute Gasteiger partial charge is 0.464 e. The molecule has 16 heavy (non-hydrogen) atoms. The van der Waals surface area contributed by atoms with Crippen LogP contribution < -0.4 is 5.73 Å². The van der Waals surface area contributed by atoms with Crippen LogP contribution in [-0.4, -0.2) is 27.6 Å². The second kappa shape index (κ2) is 4.01. The lowest BCUT2D eigenvalue weighted by Crippen LogP contribution is -2.09. The number of rotatable bonds is 2. The van der Waals surface area contributed by atoms with Crippen molar-refractivity contribution in [1.82, 2.24) is 14.5 Å². The highest BCUT2D eigenvalue weighted by molar-refractivity contribution is 5.88. The predicted molar refractivity (Wildman–Crippen MR) is 57.1 cm³/mol. The van der Waals surface area contributed by atoms with Crippen LogP contribution in [0.15, 0.2) is 30.9 Å². The fourth-order valence-electron chi connectivity index (χ4n) is 1.27. The van der Waals surface area contributed by atoms with Crippen molar-refractivity contribution in [2.75, 3.05) is 12.8 Å². The van der Waals surface area contributed by atoms with Crippen LogP contribution in [0.2, 0.25) is 0 Å². The normalized spacial score (nSPS) is 10.1. The van der Waals surface area contributed by atoms with Crippen LogP contribution in [0.4, 0.5) is 5.69 Å².